The number of hydrogen-bond donors (Lipinski definition) is 2. The average Bonchev–Trinajstić information content (AvgIpc) is 2.93. The first-order chi connectivity index (χ1) is 11.7. The van der Waals surface area contributed by atoms with E-state index in [0.717, 1.165) is 33.4 Å². The third-order valence-electron chi connectivity index (χ3n) is 3.89. The summed E-state index contributed by atoms with van der Waals surface area (Å²) < 4.78 is 2.09. The van der Waals surface area contributed by atoms with Crippen molar-refractivity contribution in [1.29, 1.82) is 0 Å². The van der Waals surface area contributed by atoms with E-state index in [-0.39, 0.29) is 24.0 Å². The monoisotopic (exact) mass is 469 g/mol. The Morgan fingerprint density at radius 3 is 2.44 bits per heavy atom. The summed E-state index contributed by atoms with van der Waals surface area (Å²) >= 11 is 5.90. The van der Waals surface area contributed by atoms with Gasteiger partial charge in [-0.15, -0.1) is 24.0 Å². The van der Waals surface area contributed by atoms with Gasteiger partial charge in [0.1, 0.15) is 5.82 Å². The summed E-state index contributed by atoms with van der Waals surface area (Å²) in [6, 6.07) is 15.9. The van der Waals surface area contributed by atoms with E-state index in [1.54, 1.807) is 7.05 Å². The zero-order valence-electron chi connectivity index (χ0n) is 14.2. The SMILES string of the molecule is CN=C(NCc1ccc(Cl)cc1)NCc1nc2ccccc2n1C.I. The number of guanidine groups is 1. The van der Waals surface area contributed by atoms with E-state index in [1.165, 1.54) is 0 Å². The van der Waals surface area contributed by atoms with Crippen molar-refractivity contribution in [3.63, 3.8) is 0 Å². The van der Waals surface area contributed by atoms with Crippen LogP contribution in [0.5, 0.6) is 0 Å². The van der Waals surface area contributed by atoms with Gasteiger partial charge in [0.15, 0.2) is 5.96 Å². The Balaban J connectivity index is 0.00000225. The van der Waals surface area contributed by atoms with Gasteiger partial charge in [-0.25, -0.2) is 4.98 Å². The summed E-state index contributed by atoms with van der Waals surface area (Å²) in [5.41, 5.74) is 3.27. The molecule has 2 aromatic carbocycles. The Morgan fingerprint density at radius 1 is 1.08 bits per heavy atom. The minimum absolute atomic E-state index is 0. The Morgan fingerprint density at radius 2 is 1.76 bits per heavy atom. The Kier molecular flexibility index (Phi) is 7.07. The lowest BCUT2D eigenvalue weighted by molar-refractivity contribution is 0.736. The number of para-hydroxylation sites is 2. The number of hydrogen-bond acceptors (Lipinski definition) is 2. The lowest BCUT2D eigenvalue weighted by Gasteiger charge is -2.12. The second-order valence-corrected chi connectivity index (χ2v) is 5.92. The van der Waals surface area contributed by atoms with Gasteiger partial charge < -0.3 is 15.2 Å². The van der Waals surface area contributed by atoms with Crippen LogP contribution in [0.4, 0.5) is 0 Å². The number of rotatable bonds is 4. The Hall–Kier alpha value is -1.80. The van der Waals surface area contributed by atoms with Gasteiger partial charge in [-0.3, -0.25) is 4.99 Å². The fourth-order valence-corrected chi connectivity index (χ4v) is 2.65. The fraction of sp³-hybridized carbons (Fsp3) is 0.222. The standard InChI is InChI=1S/C18H20ClN5.HI/c1-20-18(21-11-13-7-9-14(19)10-8-13)22-12-17-23-15-5-3-4-6-16(15)24(17)2;/h3-10H,11-12H2,1-2H3,(H2,20,21,22);1H. The molecule has 0 bridgehead atoms. The Labute approximate surface area is 169 Å². The molecular formula is C18H21ClIN5. The van der Waals surface area contributed by atoms with E-state index in [2.05, 4.69) is 31.2 Å². The average molecular weight is 470 g/mol. The van der Waals surface area contributed by atoms with Crippen LogP contribution < -0.4 is 10.6 Å². The maximum atomic E-state index is 5.90. The highest BCUT2D eigenvalue weighted by atomic mass is 127. The van der Waals surface area contributed by atoms with Crippen LogP contribution in [0.2, 0.25) is 5.02 Å². The van der Waals surface area contributed by atoms with Gasteiger partial charge >= 0.3 is 0 Å². The van der Waals surface area contributed by atoms with Gasteiger partial charge in [-0.1, -0.05) is 35.9 Å². The molecule has 0 spiro atoms. The molecular weight excluding hydrogens is 449 g/mol. The van der Waals surface area contributed by atoms with Crippen LogP contribution in [-0.4, -0.2) is 22.6 Å². The topological polar surface area (TPSA) is 54.2 Å². The van der Waals surface area contributed by atoms with Crippen molar-refractivity contribution in [2.75, 3.05) is 7.05 Å². The van der Waals surface area contributed by atoms with Crippen LogP contribution in [0.3, 0.4) is 0 Å². The predicted molar refractivity (Wildman–Crippen MR) is 115 cm³/mol. The Bertz CT molecular complexity index is 858. The summed E-state index contributed by atoms with van der Waals surface area (Å²) in [5, 5.41) is 7.33. The van der Waals surface area contributed by atoms with Gasteiger partial charge in [0.05, 0.1) is 17.6 Å². The third-order valence-corrected chi connectivity index (χ3v) is 4.14. The molecule has 3 rings (SSSR count). The van der Waals surface area contributed by atoms with Crippen molar-refractivity contribution in [3.05, 3.63) is 64.9 Å². The highest BCUT2D eigenvalue weighted by molar-refractivity contribution is 14.0. The van der Waals surface area contributed by atoms with Crippen molar-refractivity contribution in [2.45, 2.75) is 13.1 Å². The van der Waals surface area contributed by atoms with Crippen LogP contribution in [0.15, 0.2) is 53.5 Å². The van der Waals surface area contributed by atoms with Crippen molar-refractivity contribution in [3.8, 4) is 0 Å². The van der Waals surface area contributed by atoms with Crippen molar-refractivity contribution in [2.24, 2.45) is 12.0 Å². The molecule has 0 unspecified atom stereocenters. The second kappa shape index (κ2) is 9.05. The molecule has 0 atom stereocenters. The second-order valence-electron chi connectivity index (χ2n) is 5.48. The highest BCUT2D eigenvalue weighted by Crippen LogP contribution is 2.14. The van der Waals surface area contributed by atoms with Crippen LogP contribution in [-0.2, 0) is 20.1 Å². The molecule has 0 fully saturated rings. The fourth-order valence-electron chi connectivity index (χ4n) is 2.52. The van der Waals surface area contributed by atoms with E-state index < -0.39 is 0 Å². The number of fused-ring (bicyclic) bond motifs is 1. The normalized spacial score (nSPS) is 11.2. The maximum Gasteiger partial charge on any atom is 0.191 e. The van der Waals surface area contributed by atoms with Gasteiger partial charge in [0.25, 0.3) is 0 Å². The molecule has 1 heterocycles. The zero-order chi connectivity index (χ0) is 16.9. The highest BCUT2D eigenvalue weighted by Gasteiger charge is 2.07. The minimum atomic E-state index is 0. The number of benzene rings is 2. The van der Waals surface area contributed by atoms with E-state index in [1.807, 2.05) is 49.5 Å². The molecule has 3 aromatic rings. The molecule has 5 nitrogen and oxygen atoms in total. The van der Waals surface area contributed by atoms with E-state index >= 15 is 0 Å². The summed E-state index contributed by atoms with van der Waals surface area (Å²) in [6.45, 7) is 1.28. The molecule has 7 heteroatoms. The number of imidazole rings is 1. The number of nitrogens with zero attached hydrogens (tertiary/aromatic N) is 3. The molecule has 25 heavy (non-hydrogen) atoms. The molecule has 0 radical (unpaired) electrons. The van der Waals surface area contributed by atoms with Gasteiger partial charge in [0.2, 0.25) is 0 Å². The summed E-state index contributed by atoms with van der Waals surface area (Å²) in [5.74, 6) is 1.70. The number of nitrogens with one attached hydrogen (secondary N) is 2. The minimum Gasteiger partial charge on any atom is -0.352 e. The number of aromatic nitrogens is 2. The third kappa shape index (κ3) is 4.85. The van der Waals surface area contributed by atoms with Crippen molar-refractivity contribution >= 4 is 52.6 Å². The molecule has 132 valence electrons. The zero-order valence-corrected chi connectivity index (χ0v) is 17.2. The van der Waals surface area contributed by atoms with Gasteiger partial charge in [-0.05, 0) is 29.8 Å². The quantitative estimate of drug-likeness (QED) is 0.348. The summed E-state index contributed by atoms with van der Waals surface area (Å²) in [7, 11) is 3.78. The van der Waals surface area contributed by atoms with Crippen molar-refractivity contribution in [1.82, 2.24) is 20.2 Å². The molecule has 1 aromatic heterocycles. The first-order valence-corrected chi connectivity index (χ1v) is 8.14. The summed E-state index contributed by atoms with van der Waals surface area (Å²) in [6.07, 6.45) is 0. The lowest BCUT2D eigenvalue weighted by Crippen LogP contribution is -2.36. The van der Waals surface area contributed by atoms with E-state index in [0.29, 0.717) is 13.1 Å². The molecule has 0 aliphatic rings. The van der Waals surface area contributed by atoms with Crippen LogP contribution in [0.1, 0.15) is 11.4 Å². The van der Waals surface area contributed by atoms with E-state index in [4.69, 9.17) is 11.6 Å². The lowest BCUT2D eigenvalue weighted by atomic mass is 10.2. The molecule has 2 N–H and O–H groups in total. The number of aryl methyl sites for hydroxylation is 1. The molecule has 0 amide bonds. The maximum absolute atomic E-state index is 5.90. The first kappa shape index (κ1) is 19.5. The molecule has 0 aliphatic heterocycles. The number of aliphatic imine (C=N–C) groups is 1. The van der Waals surface area contributed by atoms with Crippen LogP contribution in [0, 0.1) is 0 Å². The number of halogens is 2. The van der Waals surface area contributed by atoms with Crippen LogP contribution >= 0.6 is 35.6 Å². The van der Waals surface area contributed by atoms with Gasteiger partial charge in [-0.2, -0.15) is 0 Å². The predicted octanol–water partition coefficient (Wildman–Crippen LogP) is 3.71. The smallest absolute Gasteiger partial charge is 0.191 e. The molecule has 0 saturated heterocycles. The molecule has 0 saturated carbocycles. The summed E-state index contributed by atoms with van der Waals surface area (Å²) in [4.78, 5) is 8.90. The van der Waals surface area contributed by atoms with E-state index in [9.17, 15) is 0 Å². The molecule has 0 aliphatic carbocycles. The van der Waals surface area contributed by atoms with Crippen LogP contribution in [0.25, 0.3) is 11.0 Å². The van der Waals surface area contributed by atoms with Gasteiger partial charge in [0, 0.05) is 25.7 Å². The largest absolute Gasteiger partial charge is 0.352 e. The first-order valence-electron chi connectivity index (χ1n) is 7.76. The van der Waals surface area contributed by atoms with Crippen molar-refractivity contribution < 1.29 is 0 Å².